The maximum atomic E-state index is 12.8. The van der Waals surface area contributed by atoms with Gasteiger partial charge < -0.3 is 154 Å². The van der Waals surface area contributed by atoms with Gasteiger partial charge in [0.25, 0.3) is 0 Å². The molecule has 16 heterocycles. The smallest absolute Gasteiger partial charge is 0.335 e. The van der Waals surface area contributed by atoms with E-state index in [0.717, 1.165) is 20.8 Å². The zero-order valence-electron chi connectivity index (χ0n) is 41.4. The van der Waals surface area contributed by atoms with Crippen LogP contribution in [0.25, 0.3) is 0 Å². The van der Waals surface area contributed by atoms with Gasteiger partial charge in [0.2, 0.25) is 23.5 Å². The van der Waals surface area contributed by atoms with Gasteiger partial charge in [0.15, 0.2) is 56.1 Å². The standard InChI is InChI=1S/C42H63N3O34/c1-7(49)43-13-16(52)24-10(4-46)68-36(13)73-26-18(54)21(57)39(76-29(26)33(61)62)71-25-11(5-47)69-37(14(17(25)53)44-8(2)50)74-28-20(56)23(59)41(78-31(28)35(65)66)79-42(67)12(6-48)70-38(15(32(42)60)45-9(3)51)75-27-19(55)22(58)40(72-24)77-30(27)34(63)64/h10-32,36-41,46-48,52-60,67H,4-6H2,1-3H3,(H,43,49)(H,44,50)(H,45,51)(H,61,62)(H,63,64)(H,65,66)/t10-,11-,12-,13-,14-,15-,16-,17-,18-,19-,20-,21-,22-,23-,24-,25-,26+,27+,28+,29+,30+,31+,32-,36+,37+,38+,39-,40-,41+,42+/m1/s1. The van der Waals surface area contributed by atoms with Crippen molar-refractivity contribution >= 4 is 35.6 Å². The number of nitrogens with one attached hydrogen (secondary N) is 3. The Balaban J connectivity index is 1.31. The van der Waals surface area contributed by atoms with E-state index in [-0.39, 0.29) is 0 Å². The maximum absolute atomic E-state index is 12.8. The van der Waals surface area contributed by atoms with Crippen molar-refractivity contribution in [2.24, 2.45) is 0 Å². The Morgan fingerprint density at radius 2 is 0.696 bits per heavy atom. The number of ether oxygens (including phenoxy) is 12. The number of amides is 3. The molecule has 0 spiro atoms. The molecule has 16 rings (SSSR count). The molecule has 37 nitrogen and oxygen atoms in total. The number of aliphatic hydroxyl groups excluding tert-OH is 12. The summed E-state index contributed by atoms with van der Waals surface area (Å²) in [5, 5.41) is 185. The van der Waals surface area contributed by atoms with Crippen LogP contribution in [0.15, 0.2) is 0 Å². The van der Waals surface area contributed by atoms with E-state index in [9.17, 15) is 110 Å². The van der Waals surface area contributed by atoms with Gasteiger partial charge in [-0.25, -0.2) is 14.4 Å². The summed E-state index contributed by atoms with van der Waals surface area (Å²) in [4.78, 5) is 76.2. The van der Waals surface area contributed by atoms with Crippen LogP contribution in [0.3, 0.4) is 0 Å². The highest BCUT2D eigenvalue weighted by Gasteiger charge is 2.64. The number of carbonyl (C=O) groups is 6. The van der Waals surface area contributed by atoms with Gasteiger partial charge in [-0.2, -0.15) is 0 Å². The Labute approximate surface area is 442 Å². The number of carbonyl (C=O) groups excluding carboxylic acids is 3. The number of hydrogen-bond donors (Lipinski definition) is 19. The summed E-state index contributed by atoms with van der Waals surface area (Å²) in [6.07, 6.45) is -61.3. The molecule has 16 aliphatic heterocycles. The maximum Gasteiger partial charge on any atom is 0.335 e. The number of hydrogen-bond acceptors (Lipinski definition) is 31. The van der Waals surface area contributed by atoms with Crippen molar-refractivity contribution in [3.05, 3.63) is 0 Å². The van der Waals surface area contributed by atoms with E-state index in [1.54, 1.807) is 0 Å². The fourth-order valence-corrected chi connectivity index (χ4v) is 10.1. The van der Waals surface area contributed by atoms with Crippen LogP contribution in [0.2, 0.25) is 0 Å². The largest absolute Gasteiger partial charge is 0.479 e. The van der Waals surface area contributed by atoms with Crippen LogP contribution >= 0.6 is 0 Å². The zero-order valence-corrected chi connectivity index (χ0v) is 41.4. The molecule has 3 amide bonds. The first-order chi connectivity index (χ1) is 37.1. The van der Waals surface area contributed by atoms with E-state index in [1.807, 2.05) is 0 Å². The molecule has 30 atom stereocenters. The first kappa shape index (κ1) is 62.4. The Morgan fingerprint density at radius 1 is 0.380 bits per heavy atom. The highest BCUT2D eigenvalue weighted by Crippen LogP contribution is 2.40. The van der Waals surface area contributed by atoms with E-state index in [1.165, 1.54) is 0 Å². The monoisotopic (exact) mass is 1150 g/mol. The summed E-state index contributed by atoms with van der Waals surface area (Å²) in [6, 6.07) is -6.17. The van der Waals surface area contributed by atoms with Crippen LogP contribution in [0.1, 0.15) is 20.8 Å². The minimum absolute atomic E-state index is 0.845. The van der Waals surface area contributed by atoms with Crippen LogP contribution in [0.5, 0.6) is 0 Å². The molecule has 450 valence electrons. The Kier molecular flexibility index (Phi) is 19.9. The third-order valence-corrected chi connectivity index (χ3v) is 13.9. The van der Waals surface area contributed by atoms with Gasteiger partial charge in [0, 0.05) is 20.8 Å². The number of carboxylic acids is 3. The van der Waals surface area contributed by atoms with Gasteiger partial charge in [-0.05, 0) is 0 Å². The van der Waals surface area contributed by atoms with E-state index in [4.69, 9.17) is 56.8 Å². The summed E-state index contributed by atoms with van der Waals surface area (Å²) < 4.78 is 67.7. The lowest BCUT2D eigenvalue weighted by Crippen LogP contribution is -2.75. The average Bonchev–Trinajstić information content (AvgIpc) is 3.51. The first-order valence-corrected chi connectivity index (χ1v) is 24.1. The SMILES string of the molecule is CC(=O)N[C@H]1[C@@H]2O[C@H]3[C@H](O)[C@@H](O)[C@H](O[C@H]4[C@H](O)[C@@H](NC(C)=O)[C@H](O[C@H]5[C@H](O)[C@@H](O)[C@@H](O[C@@H]5C(=O)O)O[C@]5(O)[C@H](O)[C@@H](NC(C)=O)[C@H](O[C@H]6[C@H](O)[C@@H](O)[C@H](O[C@@H]([C@@H]1O)[C@@H](CO)O2)O[C@@H]6C(=O)O)O[C@@H]5CO)O[C@@H]4CO)O[C@@H]3C(=O)O. The molecule has 0 aliphatic carbocycles. The van der Waals surface area contributed by atoms with Crippen LogP contribution in [0.4, 0.5) is 0 Å². The van der Waals surface area contributed by atoms with Crippen molar-refractivity contribution in [3.63, 3.8) is 0 Å². The molecule has 37 heteroatoms. The third kappa shape index (κ3) is 12.5. The summed E-state index contributed by atoms with van der Waals surface area (Å²) in [5.41, 5.74) is 0. The molecule has 16 fully saturated rings. The molecule has 0 saturated carbocycles. The average molecular weight is 1150 g/mol. The number of carboxylic acid groups (broad SMARTS) is 3. The van der Waals surface area contributed by atoms with Crippen LogP contribution < -0.4 is 16.0 Å². The lowest BCUT2D eigenvalue weighted by atomic mass is 9.91. The number of aliphatic hydroxyl groups is 13. The Morgan fingerprint density at radius 3 is 1.03 bits per heavy atom. The number of rotatable bonds is 9. The zero-order chi connectivity index (χ0) is 58.4. The predicted molar refractivity (Wildman–Crippen MR) is 233 cm³/mol. The third-order valence-electron chi connectivity index (χ3n) is 13.9. The summed E-state index contributed by atoms with van der Waals surface area (Å²) in [6.45, 7) is -1.18. The lowest BCUT2D eigenvalue weighted by Gasteiger charge is -2.53. The molecule has 19 N–H and O–H groups in total. The van der Waals surface area contributed by atoms with Gasteiger partial charge in [-0.3, -0.25) is 14.4 Å². The quantitative estimate of drug-likeness (QED) is 0.102. The minimum Gasteiger partial charge on any atom is -0.479 e. The number of aliphatic carboxylic acids is 3. The van der Waals surface area contributed by atoms with Gasteiger partial charge in [0.05, 0.1) is 19.8 Å². The van der Waals surface area contributed by atoms with Gasteiger partial charge in [0.1, 0.15) is 122 Å². The highest BCUT2D eigenvalue weighted by atomic mass is 16.8. The first-order valence-electron chi connectivity index (χ1n) is 24.1. The molecule has 0 unspecified atom stereocenters. The molecule has 12 bridgehead atoms. The van der Waals surface area contributed by atoms with Crippen molar-refractivity contribution < 1.29 is 167 Å². The second-order valence-electron chi connectivity index (χ2n) is 19.3. The fourth-order valence-electron chi connectivity index (χ4n) is 10.1. The second kappa shape index (κ2) is 25.1. The predicted octanol–water partition coefficient (Wildman–Crippen LogP) is -13.0. The fraction of sp³-hybridized carbons (Fsp3) is 0.857. The molecule has 16 saturated heterocycles. The van der Waals surface area contributed by atoms with E-state index >= 15 is 0 Å². The van der Waals surface area contributed by atoms with E-state index in [0.29, 0.717) is 0 Å². The summed E-state index contributed by atoms with van der Waals surface area (Å²) in [5.74, 6) is -12.5. The molecular weight excluding hydrogens is 1090 g/mol. The van der Waals surface area contributed by atoms with Crippen molar-refractivity contribution in [2.45, 2.75) is 205 Å². The summed E-state index contributed by atoms with van der Waals surface area (Å²) in [7, 11) is 0. The van der Waals surface area contributed by atoms with Crippen LogP contribution in [-0.2, 0) is 85.6 Å². The normalized spacial score (nSPS) is 48.7. The van der Waals surface area contributed by atoms with E-state index < -0.39 is 239 Å². The lowest BCUT2D eigenvalue weighted by molar-refractivity contribution is -0.438. The molecule has 16 aliphatic rings. The van der Waals surface area contributed by atoms with Crippen molar-refractivity contribution in [2.75, 3.05) is 19.8 Å². The molecule has 0 aromatic heterocycles. The minimum atomic E-state index is -3.50. The van der Waals surface area contributed by atoms with Crippen molar-refractivity contribution in [3.8, 4) is 0 Å². The molecule has 0 aromatic carbocycles. The topological polar surface area (TPSA) is 573 Å². The molecule has 0 aromatic rings. The van der Waals surface area contributed by atoms with Gasteiger partial charge in [-0.1, -0.05) is 0 Å². The molecular formula is C42H63N3O34. The second-order valence-corrected chi connectivity index (χ2v) is 19.3. The van der Waals surface area contributed by atoms with Gasteiger partial charge >= 0.3 is 17.9 Å². The van der Waals surface area contributed by atoms with E-state index in [2.05, 4.69) is 16.0 Å². The molecule has 79 heavy (non-hydrogen) atoms. The Bertz CT molecular complexity index is 2190. The highest BCUT2D eigenvalue weighted by molar-refractivity contribution is 5.75. The van der Waals surface area contributed by atoms with Gasteiger partial charge in [-0.15, -0.1) is 0 Å². The van der Waals surface area contributed by atoms with Crippen molar-refractivity contribution in [1.29, 1.82) is 0 Å². The Hall–Kier alpha value is -4.18. The molecule has 0 radical (unpaired) electrons. The van der Waals surface area contributed by atoms with Crippen molar-refractivity contribution in [1.82, 2.24) is 16.0 Å². The van der Waals surface area contributed by atoms with Crippen LogP contribution in [-0.4, -0.2) is 321 Å². The summed E-state index contributed by atoms with van der Waals surface area (Å²) >= 11 is 0. The van der Waals surface area contributed by atoms with Crippen LogP contribution in [0, 0.1) is 0 Å².